The molecule has 24 heavy (non-hydrogen) atoms. The number of amides is 1. The third-order valence-corrected chi connectivity index (χ3v) is 3.90. The standard InChI is InChI=1S/C16H23ClN6O/c1-6-23(7-2)15-18-9-10(17)13(20-15)14(24)19-12-8-11(21-22-12)16(3,4)5/h8-9H,6-7H2,1-5H3,(H2,19,21,22,24). The van der Waals surface area contributed by atoms with Crippen LogP contribution in [0.15, 0.2) is 12.3 Å². The van der Waals surface area contributed by atoms with Crippen LogP contribution < -0.4 is 10.2 Å². The number of carbonyl (C=O) groups excluding carboxylic acids is 1. The van der Waals surface area contributed by atoms with Crippen LogP contribution in [0.5, 0.6) is 0 Å². The molecular weight excluding hydrogens is 328 g/mol. The Bertz CT molecular complexity index is 718. The molecule has 0 atom stereocenters. The summed E-state index contributed by atoms with van der Waals surface area (Å²) in [5.41, 5.74) is 0.975. The Labute approximate surface area is 146 Å². The number of carbonyl (C=O) groups is 1. The molecule has 1 amide bonds. The van der Waals surface area contributed by atoms with Crippen molar-refractivity contribution in [2.45, 2.75) is 40.0 Å². The molecule has 0 saturated heterocycles. The van der Waals surface area contributed by atoms with Crippen molar-refractivity contribution in [2.24, 2.45) is 0 Å². The molecule has 2 aromatic rings. The Kier molecular flexibility index (Phi) is 5.43. The zero-order valence-corrected chi connectivity index (χ0v) is 15.4. The van der Waals surface area contributed by atoms with Gasteiger partial charge in [0.2, 0.25) is 5.95 Å². The molecule has 0 aliphatic carbocycles. The summed E-state index contributed by atoms with van der Waals surface area (Å²) < 4.78 is 0. The fraction of sp³-hybridized carbons (Fsp3) is 0.500. The van der Waals surface area contributed by atoms with Crippen molar-refractivity contribution in [1.29, 1.82) is 0 Å². The molecule has 2 aromatic heterocycles. The Morgan fingerprint density at radius 3 is 2.54 bits per heavy atom. The molecule has 7 nitrogen and oxygen atoms in total. The molecule has 0 unspecified atom stereocenters. The smallest absolute Gasteiger partial charge is 0.277 e. The number of hydrogen-bond acceptors (Lipinski definition) is 5. The average Bonchev–Trinajstić information content (AvgIpc) is 2.98. The molecule has 0 aromatic carbocycles. The van der Waals surface area contributed by atoms with Crippen LogP contribution >= 0.6 is 11.6 Å². The summed E-state index contributed by atoms with van der Waals surface area (Å²) in [6, 6.07) is 1.80. The van der Waals surface area contributed by atoms with Gasteiger partial charge in [-0.1, -0.05) is 32.4 Å². The molecule has 0 spiro atoms. The zero-order chi connectivity index (χ0) is 17.9. The second-order valence-electron chi connectivity index (χ2n) is 6.41. The first-order chi connectivity index (χ1) is 11.3. The summed E-state index contributed by atoms with van der Waals surface area (Å²) in [5.74, 6) is 0.499. The van der Waals surface area contributed by atoms with E-state index in [1.165, 1.54) is 6.20 Å². The number of hydrogen-bond donors (Lipinski definition) is 2. The van der Waals surface area contributed by atoms with E-state index in [4.69, 9.17) is 11.6 Å². The molecule has 2 rings (SSSR count). The number of halogens is 1. The highest BCUT2D eigenvalue weighted by Gasteiger charge is 2.20. The average molecular weight is 351 g/mol. The first-order valence-corrected chi connectivity index (χ1v) is 8.28. The van der Waals surface area contributed by atoms with E-state index in [-0.39, 0.29) is 16.1 Å². The molecule has 0 fully saturated rings. The quantitative estimate of drug-likeness (QED) is 0.864. The van der Waals surface area contributed by atoms with Crippen molar-refractivity contribution in [1.82, 2.24) is 20.2 Å². The summed E-state index contributed by atoms with van der Waals surface area (Å²) >= 11 is 6.09. The van der Waals surface area contributed by atoms with Crippen molar-refractivity contribution in [2.75, 3.05) is 23.3 Å². The number of aromatic nitrogens is 4. The molecule has 8 heteroatoms. The fourth-order valence-electron chi connectivity index (χ4n) is 2.12. The third-order valence-electron chi connectivity index (χ3n) is 3.62. The van der Waals surface area contributed by atoms with Gasteiger partial charge in [0.25, 0.3) is 5.91 Å². The topological polar surface area (TPSA) is 86.8 Å². The minimum atomic E-state index is -0.414. The van der Waals surface area contributed by atoms with E-state index in [2.05, 4.69) is 46.3 Å². The van der Waals surface area contributed by atoms with Crippen LogP contribution in [-0.4, -0.2) is 39.2 Å². The van der Waals surface area contributed by atoms with Gasteiger partial charge in [-0.2, -0.15) is 5.10 Å². The van der Waals surface area contributed by atoms with Gasteiger partial charge in [0.15, 0.2) is 11.5 Å². The predicted octanol–water partition coefficient (Wildman–Crippen LogP) is 3.25. The monoisotopic (exact) mass is 350 g/mol. The molecule has 2 N–H and O–H groups in total. The highest BCUT2D eigenvalue weighted by molar-refractivity contribution is 6.34. The lowest BCUT2D eigenvalue weighted by Gasteiger charge is -2.18. The van der Waals surface area contributed by atoms with Gasteiger partial charge in [-0.05, 0) is 13.8 Å². The lowest BCUT2D eigenvalue weighted by molar-refractivity contribution is 0.102. The maximum atomic E-state index is 12.5. The molecule has 0 saturated carbocycles. The van der Waals surface area contributed by atoms with Gasteiger partial charge in [0, 0.05) is 30.3 Å². The number of nitrogens with zero attached hydrogens (tertiary/aromatic N) is 4. The van der Waals surface area contributed by atoms with Crippen molar-refractivity contribution >= 4 is 29.3 Å². The second kappa shape index (κ2) is 7.17. The van der Waals surface area contributed by atoms with E-state index < -0.39 is 5.91 Å². The van der Waals surface area contributed by atoms with E-state index in [9.17, 15) is 4.79 Å². The van der Waals surface area contributed by atoms with Crippen LogP contribution in [0.25, 0.3) is 0 Å². The maximum Gasteiger partial charge on any atom is 0.277 e. The van der Waals surface area contributed by atoms with Crippen molar-refractivity contribution in [3.8, 4) is 0 Å². The van der Waals surface area contributed by atoms with Crippen LogP contribution in [0.3, 0.4) is 0 Å². The summed E-state index contributed by atoms with van der Waals surface area (Å²) in [4.78, 5) is 22.9. The molecule has 130 valence electrons. The third kappa shape index (κ3) is 4.03. The van der Waals surface area contributed by atoms with Crippen LogP contribution in [-0.2, 0) is 5.41 Å². The Morgan fingerprint density at radius 2 is 2.00 bits per heavy atom. The minimum absolute atomic E-state index is 0.0849. The predicted molar refractivity (Wildman–Crippen MR) is 95.8 cm³/mol. The van der Waals surface area contributed by atoms with Crippen LogP contribution in [0.1, 0.15) is 50.8 Å². The molecule has 0 aliphatic rings. The van der Waals surface area contributed by atoms with Crippen molar-refractivity contribution in [3.05, 3.63) is 28.7 Å². The number of H-pyrrole nitrogens is 1. The number of nitrogens with one attached hydrogen (secondary N) is 2. The van der Waals surface area contributed by atoms with E-state index in [0.29, 0.717) is 11.8 Å². The number of aromatic amines is 1. The fourth-order valence-corrected chi connectivity index (χ4v) is 2.30. The number of rotatable bonds is 5. The Morgan fingerprint density at radius 1 is 1.33 bits per heavy atom. The van der Waals surface area contributed by atoms with E-state index in [1.54, 1.807) is 6.07 Å². The molecule has 2 heterocycles. The van der Waals surface area contributed by atoms with Crippen molar-refractivity contribution in [3.63, 3.8) is 0 Å². The van der Waals surface area contributed by atoms with Gasteiger partial charge in [-0.15, -0.1) is 0 Å². The lowest BCUT2D eigenvalue weighted by Crippen LogP contribution is -2.25. The van der Waals surface area contributed by atoms with Gasteiger partial charge in [0.1, 0.15) is 0 Å². The Hall–Kier alpha value is -2.15. The minimum Gasteiger partial charge on any atom is -0.341 e. The van der Waals surface area contributed by atoms with Gasteiger partial charge >= 0.3 is 0 Å². The number of anilines is 2. The highest BCUT2D eigenvalue weighted by atomic mass is 35.5. The van der Waals surface area contributed by atoms with Gasteiger partial charge < -0.3 is 10.2 Å². The molecular formula is C16H23ClN6O. The molecule has 0 bridgehead atoms. The zero-order valence-electron chi connectivity index (χ0n) is 14.6. The first kappa shape index (κ1) is 18.2. The SMILES string of the molecule is CCN(CC)c1ncc(Cl)c(C(=O)Nc2cc(C(C)(C)C)[nH]n2)n1. The van der Waals surface area contributed by atoms with Crippen LogP contribution in [0.4, 0.5) is 11.8 Å². The Balaban J connectivity index is 2.23. The van der Waals surface area contributed by atoms with E-state index >= 15 is 0 Å². The van der Waals surface area contributed by atoms with Crippen molar-refractivity contribution < 1.29 is 4.79 Å². The van der Waals surface area contributed by atoms with Gasteiger partial charge in [0.05, 0.1) is 11.2 Å². The van der Waals surface area contributed by atoms with Crippen LogP contribution in [0, 0.1) is 0 Å². The largest absolute Gasteiger partial charge is 0.341 e. The normalized spacial score (nSPS) is 11.4. The van der Waals surface area contributed by atoms with Crippen LogP contribution in [0.2, 0.25) is 5.02 Å². The second-order valence-corrected chi connectivity index (χ2v) is 6.82. The van der Waals surface area contributed by atoms with E-state index in [1.807, 2.05) is 18.7 Å². The highest BCUT2D eigenvalue weighted by Crippen LogP contribution is 2.23. The van der Waals surface area contributed by atoms with E-state index in [0.717, 1.165) is 18.8 Å². The summed E-state index contributed by atoms with van der Waals surface area (Å²) in [6.07, 6.45) is 1.45. The summed E-state index contributed by atoms with van der Waals surface area (Å²) in [5, 5.41) is 9.96. The van der Waals surface area contributed by atoms with Gasteiger partial charge in [-0.25, -0.2) is 9.97 Å². The molecule has 0 aliphatic heterocycles. The maximum absolute atomic E-state index is 12.5. The molecule has 0 radical (unpaired) electrons. The lowest BCUT2D eigenvalue weighted by atomic mass is 9.92. The summed E-state index contributed by atoms with van der Waals surface area (Å²) in [7, 11) is 0. The first-order valence-electron chi connectivity index (χ1n) is 7.91. The van der Waals surface area contributed by atoms with Gasteiger partial charge in [-0.3, -0.25) is 9.89 Å². The summed E-state index contributed by atoms with van der Waals surface area (Å²) in [6.45, 7) is 11.7.